The van der Waals surface area contributed by atoms with Gasteiger partial charge in [0.05, 0.1) is 5.52 Å². The lowest BCUT2D eigenvalue weighted by atomic mass is 9.91. The maximum Gasteiger partial charge on any atom is 0.171 e. The van der Waals surface area contributed by atoms with Crippen LogP contribution in [0.5, 0.6) is 0 Å². The Kier molecular flexibility index (Phi) is 7.10. The Bertz CT molecular complexity index is 1070. The van der Waals surface area contributed by atoms with E-state index >= 15 is 0 Å². The monoisotopic (exact) mass is 447 g/mol. The van der Waals surface area contributed by atoms with Crippen LogP contribution < -0.4 is 20.9 Å². The summed E-state index contributed by atoms with van der Waals surface area (Å²) in [5.41, 5.74) is 4.60. The number of fused-ring (bicyclic) bond motifs is 1. The molecule has 0 amide bonds. The molecule has 1 heterocycles. The first kappa shape index (κ1) is 22.3. The van der Waals surface area contributed by atoms with Crippen LogP contribution >= 0.6 is 12.2 Å². The molecule has 0 unspecified atom stereocenters. The first-order chi connectivity index (χ1) is 15.5. The fraction of sp³-hybridized carbons (Fsp3) is 0.385. The van der Waals surface area contributed by atoms with Crippen molar-refractivity contribution in [2.45, 2.75) is 51.1 Å². The van der Waals surface area contributed by atoms with E-state index in [0.717, 1.165) is 49.1 Å². The number of anilines is 3. The summed E-state index contributed by atoms with van der Waals surface area (Å²) < 4.78 is 0. The van der Waals surface area contributed by atoms with Gasteiger partial charge in [0, 0.05) is 49.0 Å². The Hall–Kier alpha value is -2.86. The van der Waals surface area contributed by atoms with Crippen LogP contribution in [0.1, 0.15) is 38.2 Å². The molecule has 0 saturated heterocycles. The summed E-state index contributed by atoms with van der Waals surface area (Å²) in [5.74, 6) is 0.956. The smallest absolute Gasteiger partial charge is 0.171 e. The van der Waals surface area contributed by atoms with Gasteiger partial charge in [0.25, 0.3) is 0 Å². The number of nitrogens with zero attached hydrogens (tertiary/aromatic N) is 2. The molecule has 1 fully saturated rings. The van der Waals surface area contributed by atoms with Gasteiger partial charge in [0.15, 0.2) is 5.11 Å². The number of rotatable bonds is 6. The third-order valence-electron chi connectivity index (χ3n) is 6.24. The van der Waals surface area contributed by atoms with Crippen LogP contribution in [0.25, 0.3) is 10.9 Å². The van der Waals surface area contributed by atoms with Gasteiger partial charge < -0.3 is 20.9 Å². The van der Waals surface area contributed by atoms with Crippen molar-refractivity contribution in [3.8, 4) is 0 Å². The Morgan fingerprint density at radius 3 is 2.44 bits per heavy atom. The topological polar surface area (TPSA) is 52.2 Å². The molecular formula is C26H33N5S. The van der Waals surface area contributed by atoms with Crippen molar-refractivity contribution in [2.75, 3.05) is 29.6 Å². The highest BCUT2D eigenvalue weighted by Gasteiger charge is 2.22. The van der Waals surface area contributed by atoms with E-state index in [4.69, 9.17) is 17.2 Å². The number of hydrogen-bond donors (Lipinski definition) is 3. The number of nitrogens with one attached hydrogen (secondary N) is 3. The van der Waals surface area contributed by atoms with E-state index in [1.165, 1.54) is 16.6 Å². The number of benzene rings is 2. The average molecular weight is 448 g/mol. The third kappa shape index (κ3) is 5.30. The summed E-state index contributed by atoms with van der Waals surface area (Å²) in [6.45, 7) is 2.16. The predicted octanol–water partition coefficient (Wildman–Crippen LogP) is 5.57. The van der Waals surface area contributed by atoms with Gasteiger partial charge in [-0.2, -0.15) is 0 Å². The van der Waals surface area contributed by atoms with E-state index in [9.17, 15) is 0 Å². The lowest BCUT2D eigenvalue weighted by molar-refractivity contribution is 0.388. The van der Waals surface area contributed by atoms with Crippen LogP contribution in [0.3, 0.4) is 0 Å². The van der Waals surface area contributed by atoms with Crippen LogP contribution in [0.4, 0.5) is 17.2 Å². The van der Waals surface area contributed by atoms with Crippen LogP contribution in [0, 0.1) is 0 Å². The van der Waals surface area contributed by atoms with Gasteiger partial charge >= 0.3 is 0 Å². The van der Waals surface area contributed by atoms with Gasteiger partial charge in [-0.15, -0.1) is 0 Å². The van der Waals surface area contributed by atoms with E-state index in [0.29, 0.717) is 17.2 Å². The molecule has 1 aliphatic carbocycles. The number of hydrogen-bond acceptors (Lipinski definition) is 4. The van der Waals surface area contributed by atoms with E-state index < -0.39 is 0 Å². The highest BCUT2D eigenvalue weighted by molar-refractivity contribution is 7.80. The predicted molar refractivity (Wildman–Crippen MR) is 141 cm³/mol. The lowest BCUT2D eigenvalue weighted by Crippen LogP contribution is -2.42. The van der Waals surface area contributed by atoms with Crippen molar-refractivity contribution in [3.63, 3.8) is 0 Å². The van der Waals surface area contributed by atoms with Crippen LogP contribution in [0.2, 0.25) is 0 Å². The number of aromatic nitrogens is 1. The van der Waals surface area contributed by atoms with Gasteiger partial charge in [0.1, 0.15) is 5.82 Å². The Morgan fingerprint density at radius 1 is 1.00 bits per heavy atom. The summed E-state index contributed by atoms with van der Waals surface area (Å²) in [6, 6.07) is 19.7. The number of para-hydroxylation sites is 2. The second-order valence-corrected chi connectivity index (χ2v) is 9.15. The van der Waals surface area contributed by atoms with Gasteiger partial charge in [0.2, 0.25) is 0 Å². The number of thiocarbonyl (C=S) groups is 1. The van der Waals surface area contributed by atoms with Gasteiger partial charge in [-0.1, -0.05) is 43.3 Å². The maximum atomic E-state index is 5.59. The molecule has 1 saturated carbocycles. The fourth-order valence-electron chi connectivity index (χ4n) is 4.49. The Labute approximate surface area is 196 Å². The van der Waals surface area contributed by atoms with Crippen LogP contribution in [0.15, 0.2) is 54.6 Å². The second kappa shape index (κ2) is 10.2. The first-order valence-corrected chi connectivity index (χ1v) is 11.9. The maximum absolute atomic E-state index is 5.59. The number of pyridine rings is 1. The molecule has 6 heteroatoms. The molecular weight excluding hydrogens is 414 g/mol. The molecule has 0 spiro atoms. The molecule has 0 bridgehead atoms. The minimum atomic E-state index is 0.406. The molecule has 0 aliphatic heterocycles. The molecule has 5 nitrogen and oxygen atoms in total. The Morgan fingerprint density at radius 2 is 1.69 bits per heavy atom. The molecule has 4 rings (SSSR count). The minimum absolute atomic E-state index is 0.406. The molecule has 2 aromatic carbocycles. The van der Waals surface area contributed by atoms with Crippen molar-refractivity contribution in [1.29, 1.82) is 0 Å². The van der Waals surface area contributed by atoms with Gasteiger partial charge in [-0.3, -0.25) is 0 Å². The normalized spacial score (nSPS) is 18.2. The zero-order valence-corrected chi connectivity index (χ0v) is 20.0. The van der Waals surface area contributed by atoms with Gasteiger partial charge in [-0.05, 0) is 62.0 Å². The summed E-state index contributed by atoms with van der Waals surface area (Å²) in [5, 5.41) is 12.5. The van der Waals surface area contributed by atoms with Gasteiger partial charge in [-0.25, -0.2) is 4.98 Å². The second-order valence-electron chi connectivity index (χ2n) is 8.74. The summed E-state index contributed by atoms with van der Waals surface area (Å²) >= 11 is 5.59. The highest BCUT2D eigenvalue weighted by atomic mass is 32.1. The van der Waals surface area contributed by atoms with E-state index in [1.54, 1.807) is 0 Å². The van der Waals surface area contributed by atoms with Crippen LogP contribution in [-0.4, -0.2) is 36.3 Å². The van der Waals surface area contributed by atoms with Crippen molar-refractivity contribution in [2.24, 2.45) is 0 Å². The lowest BCUT2D eigenvalue weighted by Gasteiger charge is -2.31. The molecule has 3 aromatic rings. The minimum Gasteiger partial charge on any atom is -0.377 e. The summed E-state index contributed by atoms with van der Waals surface area (Å²) in [7, 11) is 4.16. The molecule has 1 aliphatic rings. The van der Waals surface area contributed by atoms with Crippen molar-refractivity contribution >= 4 is 45.4 Å². The fourth-order valence-corrected chi connectivity index (χ4v) is 4.76. The van der Waals surface area contributed by atoms with E-state index in [2.05, 4.69) is 84.3 Å². The molecule has 32 heavy (non-hydrogen) atoms. The van der Waals surface area contributed by atoms with E-state index in [1.807, 2.05) is 12.1 Å². The van der Waals surface area contributed by atoms with Crippen molar-refractivity contribution < 1.29 is 0 Å². The largest absolute Gasteiger partial charge is 0.377 e. The number of aryl methyl sites for hydroxylation is 1. The standard InChI is InChI=1S/C26H33N5S/c1-4-18-9-5-7-11-22(18)30-26(32)28-20-15-13-19(14-16-20)27-25-17-24(31(2)3)21-10-6-8-12-23(21)29-25/h5-12,17,19-20H,4,13-16H2,1-3H3,(H,27,29)(H2,28,30,32)/t19-,20+. The quantitative estimate of drug-likeness (QED) is 0.429. The molecule has 3 N–H and O–H groups in total. The average Bonchev–Trinajstić information content (AvgIpc) is 2.80. The van der Waals surface area contributed by atoms with Crippen molar-refractivity contribution in [3.05, 3.63) is 60.2 Å². The molecule has 0 atom stereocenters. The van der Waals surface area contributed by atoms with E-state index in [-0.39, 0.29) is 0 Å². The zero-order chi connectivity index (χ0) is 22.5. The summed E-state index contributed by atoms with van der Waals surface area (Å²) in [4.78, 5) is 7.01. The zero-order valence-electron chi connectivity index (χ0n) is 19.2. The highest BCUT2D eigenvalue weighted by Crippen LogP contribution is 2.29. The van der Waals surface area contributed by atoms with Crippen LogP contribution in [-0.2, 0) is 6.42 Å². The SMILES string of the molecule is CCc1ccccc1NC(=S)N[C@H]1CC[C@@H](Nc2cc(N(C)C)c3ccccc3n2)CC1. The molecule has 168 valence electrons. The molecule has 0 radical (unpaired) electrons. The summed E-state index contributed by atoms with van der Waals surface area (Å²) in [6.07, 6.45) is 5.35. The first-order valence-electron chi connectivity index (χ1n) is 11.5. The third-order valence-corrected chi connectivity index (χ3v) is 6.46. The molecule has 1 aromatic heterocycles. The van der Waals surface area contributed by atoms with Crippen molar-refractivity contribution in [1.82, 2.24) is 10.3 Å². The Balaban J connectivity index is 1.33.